The molecule has 0 nitrogen and oxygen atoms in total. The summed E-state index contributed by atoms with van der Waals surface area (Å²) in [4.78, 5) is 0. The van der Waals surface area contributed by atoms with Crippen molar-refractivity contribution >= 4 is 46.4 Å². The van der Waals surface area contributed by atoms with Crippen LogP contribution in [0.15, 0.2) is 36.4 Å². The van der Waals surface area contributed by atoms with Crippen molar-refractivity contribution in [3.05, 3.63) is 67.6 Å². The highest BCUT2D eigenvalue weighted by Crippen LogP contribution is 2.28. The molecule has 21 heavy (non-hydrogen) atoms. The largest absolute Gasteiger partial charge is 0.0827 e. The molecule has 0 aliphatic rings. The SMILES string of the molecule is Clc1cccc(CCCCCc2cccc(Cl)c2Cl)c1Cl. The van der Waals surface area contributed by atoms with Crippen LogP contribution in [0.1, 0.15) is 30.4 Å². The lowest BCUT2D eigenvalue weighted by atomic mass is 10.0. The molecular formula is C17H16Cl4. The summed E-state index contributed by atoms with van der Waals surface area (Å²) < 4.78 is 0. The molecule has 2 aromatic carbocycles. The Bertz CT molecular complexity index is 554. The molecule has 0 unspecified atom stereocenters. The van der Waals surface area contributed by atoms with Gasteiger partial charge in [-0.05, 0) is 48.9 Å². The third-order valence-electron chi connectivity index (χ3n) is 3.46. The van der Waals surface area contributed by atoms with Crippen LogP contribution in [0.4, 0.5) is 0 Å². The predicted octanol–water partition coefficient (Wildman–Crippen LogP) is 7.26. The molecule has 0 aliphatic carbocycles. The number of hydrogen-bond donors (Lipinski definition) is 0. The van der Waals surface area contributed by atoms with Gasteiger partial charge in [0.25, 0.3) is 0 Å². The van der Waals surface area contributed by atoms with E-state index in [0.29, 0.717) is 20.1 Å². The molecule has 0 aromatic heterocycles. The van der Waals surface area contributed by atoms with Gasteiger partial charge in [0.15, 0.2) is 0 Å². The molecule has 2 rings (SSSR count). The lowest BCUT2D eigenvalue weighted by molar-refractivity contribution is 0.678. The molecule has 4 heteroatoms. The molecule has 0 radical (unpaired) electrons. The Morgan fingerprint density at radius 1 is 0.571 bits per heavy atom. The van der Waals surface area contributed by atoms with Crippen LogP contribution in [0.25, 0.3) is 0 Å². The minimum atomic E-state index is 0.625. The van der Waals surface area contributed by atoms with E-state index in [4.69, 9.17) is 46.4 Å². The highest BCUT2D eigenvalue weighted by atomic mass is 35.5. The first-order chi connectivity index (χ1) is 10.1. The van der Waals surface area contributed by atoms with Crippen LogP contribution in [-0.4, -0.2) is 0 Å². The standard InChI is InChI=1S/C17H16Cl4/c18-14-10-4-8-12(16(14)20)6-2-1-3-7-13-9-5-11-15(19)17(13)21/h4-5,8-11H,1-3,6-7H2. The zero-order chi connectivity index (χ0) is 15.2. The summed E-state index contributed by atoms with van der Waals surface area (Å²) in [5.74, 6) is 0. The molecule has 0 spiro atoms. The molecule has 2 aromatic rings. The van der Waals surface area contributed by atoms with E-state index in [9.17, 15) is 0 Å². The quantitative estimate of drug-likeness (QED) is 0.475. The van der Waals surface area contributed by atoms with Crippen molar-refractivity contribution in [1.29, 1.82) is 0 Å². The monoisotopic (exact) mass is 360 g/mol. The highest BCUT2D eigenvalue weighted by Gasteiger charge is 2.05. The molecule has 0 bridgehead atoms. The van der Waals surface area contributed by atoms with Crippen LogP contribution in [0.3, 0.4) is 0 Å². The Balaban J connectivity index is 1.78. The first-order valence-electron chi connectivity index (χ1n) is 6.95. The lowest BCUT2D eigenvalue weighted by Crippen LogP contribution is -1.91. The first-order valence-corrected chi connectivity index (χ1v) is 8.46. The van der Waals surface area contributed by atoms with E-state index < -0.39 is 0 Å². The van der Waals surface area contributed by atoms with Crippen molar-refractivity contribution in [2.75, 3.05) is 0 Å². The normalized spacial score (nSPS) is 10.9. The summed E-state index contributed by atoms with van der Waals surface area (Å²) >= 11 is 24.4. The van der Waals surface area contributed by atoms with E-state index in [2.05, 4.69) is 0 Å². The van der Waals surface area contributed by atoms with E-state index in [-0.39, 0.29) is 0 Å². The molecule has 0 saturated carbocycles. The van der Waals surface area contributed by atoms with Gasteiger partial charge in [-0.25, -0.2) is 0 Å². The minimum Gasteiger partial charge on any atom is -0.0827 e. The second-order valence-electron chi connectivity index (χ2n) is 4.99. The summed E-state index contributed by atoms with van der Waals surface area (Å²) in [6.45, 7) is 0. The molecule has 0 N–H and O–H groups in total. The van der Waals surface area contributed by atoms with Gasteiger partial charge in [0.1, 0.15) is 0 Å². The lowest BCUT2D eigenvalue weighted by Gasteiger charge is -2.07. The van der Waals surface area contributed by atoms with Gasteiger partial charge in [-0.1, -0.05) is 77.1 Å². The summed E-state index contributed by atoms with van der Waals surface area (Å²) in [5.41, 5.74) is 2.23. The molecule has 112 valence electrons. The Labute approximate surface area is 146 Å². The Hall–Kier alpha value is -0.400. The van der Waals surface area contributed by atoms with Crippen LogP contribution in [0, 0.1) is 0 Å². The van der Waals surface area contributed by atoms with E-state index in [1.807, 2.05) is 36.4 Å². The van der Waals surface area contributed by atoms with Crippen LogP contribution in [0.5, 0.6) is 0 Å². The zero-order valence-corrected chi connectivity index (χ0v) is 14.5. The predicted molar refractivity (Wildman–Crippen MR) is 94.2 cm³/mol. The van der Waals surface area contributed by atoms with Gasteiger partial charge in [-0.3, -0.25) is 0 Å². The number of halogens is 4. The number of unbranched alkanes of at least 4 members (excludes halogenated alkanes) is 2. The van der Waals surface area contributed by atoms with Gasteiger partial charge in [0.05, 0.1) is 20.1 Å². The maximum absolute atomic E-state index is 6.18. The van der Waals surface area contributed by atoms with Crippen LogP contribution >= 0.6 is 46.4 Å². The van der Waals surface area contributed by atoms with Gasteiger partial charge in [-0.15, -0.1) is 0 Å². The molecule has 0 fully saturated rings. The van der Waals surface area contributed by atoms with E-state index in [1.165, 1.54) is 0 Å². The van der Waals surface area contributed by atoms with Crippen molar-refractivity contribution in [3.63, 3.8) is 0 Å². The number of benzene rings is 2. The highest BCUT2D eigenvalue weighted by molar-refractivity contribution is 6.42. The second kappa shape index (κ2) is 8.29. The van der Waals surface area contributed by atoms with Crippen LogP contribution in [-0.2, 0) is 12.8 Å². The smallest absolute Gasteiger partial charge is 0.0624 e. The summed E-state index contributed by atoms with van der Waals surface area (Å²) in [5, 5.41) is 2.61. The number of rotatable bonds is 6. The van der Waals surface area contributed by atoms with Gasteiger partial charge in [-0.2, -0.15) is 0 Å². The molecule has 0 saturated heterocycles. The fraction of sp³-hybridized carbons (Fsp3) is 0.294. The van der Waals surface area contributed by atoms with E-state index in [1.54, 1.807) is 0 Å². The zero-order valence-electron chi connectivity index (χ0n) is 11.5. The van der Waals surface area contributed by atoms with E-state index in [0.717, 1.165) is 43.2 Å². The van der Waals surface area contributed by atoms with Gasteiger partial charge < -0.3 is 0 Å². The van der Waals surface area contributed by atoms with Crippen molar-refractivity contribution in [3.8, 4) is 0 Å². The average Bonchev–Trinajstić information content (AvgIpc) is 2.47. The number of hydrogen-bond acceptors (Lipinski definition) is 0. The van der Waals surface area contributed by atoms with Gasteiger partial charge in [0, 0.05) is 0 Å². The summed E-state index contributed by atoms with van der Waals surface area (Å²) in [6.07, 6.45) is 5.17. The third-order valence-corrected chi connectivity index (χ3v) is 5.17. The Morgan fingerprint density at radius 2 is 1.00 bits per heavy atom. The maximum atomic E-state index is 6.18. The molecule has 0 amide bonds. The van der Waals surface area contributed by atoms with Crippen molar-refractivity contribution < 1.29 is 0 Å². The summed E-state index contributed by atoms with van der Waals surface area (Å²) in [6, 6.07) is 11.6. The number of aryl methyl sites for hydroxylation is 2. The Kier molecular flexibility index (Phi) is 6.70. The minimum absolute atomic E-state index is 0.625. The molecule has 0 atom stereocenters. The van der Waals surface area contributed by atoms with Crippen LogP contribution < -0.4 is 0 Å². The second-order valence-corrected chi connectivity index (χ2v) is 6.56. The molecular weight excluding hydrogens is 346 g/mol. The van der Waals surface area contributed by atoms with Crippen LogP contribution in [0.2, 0.25) is 20.1 Å². The van der Waals surface area contributed by atoms with Crippen molar-refractivity contribution in [2.45, 2.75) is 32.1 Å². The first kappa shape index (κ1) is 17.0. The third kappa shape index (κ3) is 4.79. The fourth-order valence-corrected chi connectivity index (χ4v) is 3.12. The van der Waals surface area contributed by atoms with Gasteiger partial charge in [0.2, 0.25) is 0 Å². The van der Waals surface area contributed by atoms with Gasteiger partial charge >= 0.3 is 0 Å². The topological polar surface area (TPSA) is 0 Å². The molecule has 0 aliphatic heterocycles. The average molecular weight is 362 g/mol. The fourth-order valence-electron chi connectivity index (χ4n) is 2.29. The molecule has 0 heterocycles. The Morgan fingerprint density at radius 3 is 1.43 bits per heavy atom. The maximum Gasteiger partial charge on any atom is 0.0624 e. The summed E-state index contributed by atoms with van der Waals surface area (Å²) in [7, 11) is 0. The van der Waals surface area contributed by atoms with Crippen molar-refractivity contribution in [2.24, 2.45) is 0 Å². The van der Waals surface area contributed by atoms with E-state index >= 15 is 0 Å². The van der Waals surface area contributed by atoms with Crippen molar-refractivity contribution in [1.82, 2.24) is 0 Å².